The van der Waals surface area contributed by atoms with Crippen LogP contribution in [-0.4, -0.2) is 55.4 Å². The number of carbonyl (C=O) groups excluding carboxylic acids is 1. The van der Waals surface area contributed by atoms with Crippen molar-refractivity contribution < 1.29 is 23.8 Å². The Morgan fingerprint density at radius 2 is 2.09 bits per heavy atom. The number of likely N-dealkylation sites (tertiary alicyclic amines) is 1. The third-order valence-corrected chi connectivity index (χ3v) is 4.47. The minimum absolute atomic E-state index is 0.158. The Labute approximate surface area is 131 Å². The van der Waals surface area contributed by atoms with E-state index in [1.54, 1.807) is 31.3 Å². The lowest BCUT2D eigenvalue weighted by Gasteiger charge is -2.49. The second kappa shape index (κ2) is 6.40. The lowest BCUT2D eigenvalue weighted by molar-refractivity contribution is -0.144. The molecule has 2 heterocycles. The first-order chi connectivity index (χ1) is 10.3. The van der Waals surface area contributed by atoms with Crippen molar-refractivity contribution in [3.8, 4) is 0 Å². The van der Waals surface area contributed by atoms with Crippen LogP contribution in [0.25, 0.3) is 0 Å². The molecule has 1 N–H and O–H groups in total. The van der Waals surface area contributed by atoms with Gasteiger partial charge in [0.05, 0.1) is 12.2 Å². The van der Waals surface area contributed by atoms with E-state index in [1.807, 2.05) is 13.8 Å². The lowest BCUT2D eigenvalue weighted by Crippen LogP contribution is -2.60. The molecular formula is C16H25NO5. The quantitative estimate of drug-likeness (QED) is 0.895. The summed E-state index contributed by atoms with van der Waals surface area (Å²) in [6.45, 7) is 5.43. The summed E-state index contributed by atoms with van der Waals surface area (Å²) in [6.07, 6.45) is 0.477. The second-order valence-corrected chi connectivity index (χ2v) is 6.52. The maximum Gasteiger partial charge on any atom is 0.289 e. The third-order valence-electron chi connectivity index (χ3n) is 4.47. The van der Waals surface area contributed by atoms with Crippen molar-refractivity contribution in [2.24, 2.45) is 5.41 Å². The highest BCUT2D eigenvalue weighted by Gasteiger charge is 2.48. The van der Waals surface area contributed by atoms with Crippen molar-refractivity contribution in [2.75, 3.05) is 33.9 Å². The van der Waals surface area contributed by atoms with Crippen LogP contribution < -0.4 is 0 Å². The fourth-order valence-electron chi connectivity index (χ4n) is 2.91. The highest BCUT2D eigenvalue weighted by molar-refractivity contribution is 5.91. The van der Waals surface area contributed by atoms with Gasteiger partial charge in [0, 0.05) is 32.7 Å². The van der Waals surface area contributed by atoms with Crippen LogP contribution in [0.2, 0.25) is 0 Å². The number of ether oxygens (including phenoxy) is 2. The van der Waals surface area contributed by atoms with Gasteiger partial charge >= 0.3 is 0 Å². The number of furan rings is 1. The van der Waals surface area contributed by atoms with E-state index in [0.717, 1.165) is 0 Å². The van der Waals surface area contributed by atoms with Crippen molar-refractivity contribution in [1.82, 2.24) is 4.90 Å². The number of amides is 1. The van der Waals surface area contributed by atoms with Gasteiger partial charge in [-0.1, -0.05) is 13.8 Å². The number of methoxy groups -OCH3 is 2. The van der Waals surface area contributed by atoms with Crippen molar-refractivity contribution in [3.05, 3.63) is 23.7 Å². The molecule has 6 heteroatoms. The smallest absolute Gasteiger partial charge is 0.289 e. The molecule has 0 radical (unpaired) electrons. The first-order valence-electron chi connectivity index (χ1n) is 7.41. The number of hydrogen-bond acceptors (Lipinski definition) is 5. The third kappa shape index (κ3) is 3.19. The van der Waals surface area contributed by atoms with Crippen LogP contribution in [0.15, 0.2) is 16.5 Å². The summed E-state index contributed by atoms with van der Waals surface area (Å²) in [4.78, 5) is 14.3. The van der Waals surface area contributed by atoms with Crippen LogP contribution in [0.1, 0.15) is 36.6 Å². The molecule has 6 nitrogen and oxygen atoms in total. The van der Waals surface area contributed by atoms with Crippen LogP contribution in [0.4, 0.5) is 0 Å². The van der Waals surface area contributed by atoms with Crippen LogP contribution in [0, 0.1) is 5.41 Å². The van der Waals surface area contributed by atoms with Crippen molar-refractivity contribution in [2.45, 2.75) is 32.5 Å². The summed E-state index contributed by atoms with van der Waals surface area (Å²) in [5.41, 5.74) is -1.39. The molecule has 22 heavy (non-hydrogen) atoms. The fraction of sp³-hybridized carbons (Fsp3) is 0.688. The molecule has 124 valence electrons. The van der Waals surface area contributed by atoms with Crippen molar-refractivity contribution in [3.63, 3.8) is 0 Å². The van der Waals surface area contributed by atoms with Crippen LogP contribution in [0.3, 0.4) is 0 Å². The van der Waals surface area contributed by atoms with Gasteiger partial charge in [-0.15, -0.1) is 0 Å². The molecule has 0 spiro atoms. The summed E-state index contributed by atoms with van der Waals surface area (Å²) in [5, 5.41) is 10.7. The van der Waals surface area contributed by atoms with E-state index >= 15 is 0 Å². The number of piperidine rings is 1. The Kier molecular flexibility index (Phi) is 4.94. The predicted octanol–water partition coefficient (Wildman–Crippen LogP) is 1.68. The normalized spacial score (nSPS) is 24.5. The largest absolute Gasteiger partial charge is 0.453 e. The van der Waals surface area contributed by atoms with Gasteiger partial charge in [0.2, 0.25) is 0 Å². The minimum atomic E-state index is -0.928. The van der Waals surface area contributed by atoms with Gasteiger partial charge in [-0.3, -0.25) is 4.79 Å². The number of carbonyl (C=O) groups is 1. The van der Waals surface area contributed by atoms with Gasteiger partial charge in [0.25, 0.3) is 5.91 Å². The predicted molar refractivity (Wildman–Crippen MR) is 80.5 cm³/mol. The van der Waals surface area contributed by atoms with Crippen molar-refractivity contribution >= 4 is 5.91 Å². The molecule has 1 fully saturated rings. The molecule has 1 amide bonds. The summed E-state index contributed by atoms with van der Waals surface area (Å²) >= 11 is 0. The molecule has 2 rings (SSSR count). The molecule has 1 aliphatic rings. The first kappa shape index (κ1) is 17.0. The average Bonchev–Trinajstić information content (AvgIpc) is 2.90. The molecule has 0 aromatic carbocycles. The zero-order valence-corrected chi connectivity index (χ0v) is 13.7. The average molecular weight is 311 g/mol. The Morgan fingerprint density at radius 1 is 1.36 bits per heavy atom. The van der Waals surface area contributed by atoms with E-state index in [1.165, 1.54) is 0 Å². The Balaban J connectivity index is 2.09. The Bertz CT molecular complexity index is 524. The Hall–Kier alpha value is -1.37. The summed E-state index contributed by atoms with van der Waals surface area (Å²) < 4.78 is 15.6. The number of aliphatic hydroxyl groups is 1. The fourth-order valence-corrected chi connectivity index (χ4v) is 2.91. The molecule has 0 saturated carbocycles. The molecule has 1 atom stereocenters. The molecule has 1 aromatic heterocycles. The summed E-state index contributed by atoms with van der Waals surface area (Å²) in [6, 6.07) is 3.41. The monoisotopic (exact) mass is 311 g/mol. The summed E-state index contributed by atoms with van der Waals surface area (Å²) in [7, 11) is 3.15. The highest BCUT2D eigenvalue weighted by atomic mass is 16.5. The number of nitrogens with zero attached hydrogens (tertiary/aromatic N) is 1. The van der Waals surface area contributed by atoms with Crippen LogP contribution >= 0.6 is 0 Å². The van der Waals surface area contributed by atoms with E-state index in [0.29, 0.717) is 37.6 Å². The van der Waals surface area contributed by atoms with Gasteiger partial charge in [-0.25, -0.2) is 0 Å². The molecular weight excluding hydrogens is 286 g/mol. The van der Waals surface area contributed by atoms with Gasteiger partial charge in [0.15, 0.2) is 5.76 Å². The first-order valence-corrected chi connectivity index (χ1v) is 7.41. The molecule has 1 unspecified atom stereocenters. The maximum absolute atomic E-state index is 12.6. The topological polar surface area (TPSA) is 72.1 Å². The van der Waals surface area contributed by atoms with E-state index in [2.05, 4.69) is 0 Å². The molecule has 1 aromatic rings. The maximum atomic E-state index is 12.6. The van der Waals surface area contributed by atoms with Crippen LogP contribution in [-0.2, 0) is 16.1 Å². The van der Waals surface area contributed by atoms with E-state index in [-0.39, 0.29) is 12.5 Å². The van der Waals surface area contributed by atoms with E-state index in [9.17, 15) is 9.90 Å². The SMILES string of the molecule is COCc1ccc(C(=O)N2CCC(O)(COC)C(C)(C)C2)o1. The standard InChI is InChI=1S/C16H25NO5/c1-15(2)10-17(8-7-16(15,19)11-21-4)14(18)13-6-5-12(22-13)9-20-3/h5-6,19H,7-11H2,1-4H3. The highest BCUT2D eigenvalue weighted by Crippen LogP contribution is 2.39. The van der Waals surface area contributed by atoms with Gasteiger partial charge in [0.1, 0.15) is 12.4 Å². The minimum Gasteiger partial charge on any atom is -0.453 e. The van der Waals surface area contributed by atoms with Gasteiger partial charge in [-0.05, 0) is 18.6 Å². The van der Waals surface area contributed by atoms with Gasteiger partial charge in [-0.2, -0.15) is 0 Å². The number of rotatable bonds is 5. The van der Waals surface area contributed by atoms with Crippen molar-refractivity contribution in [1.29, 1.82) is 0 Å². The Morgan fingerprint density at radius 3 is 2.68 bits per heavy atom. The van der Waals surface area contributed by atoms with Crippen LogP contribution in [0.5, 0.6) is 0 Å². The molecule has 0 aliphatic carbocycles. The lowest BCUT2D eigenvalue weighted by atomic mass is 9.70. The van der Waals surface area contributed by atoms with Gasteiger partial charge < -0.3 is 23.9 Å². The van der Waals surface area contributed by atoms with E-state index < -0.39 is 11.0 Å². The summed E-state index contributed by atoms with van der Waals surface area (Å²) in [5.74, 6) is 0.771. The second-order valence-electron chi connectivity index (χ2n) is 6.52. The molecule has 1 saturated heterocycles. The number of hydrogen-bond donors (Lipinski definition) is 1. The molecule has 0 bridgehead atoms. The van der Waals surface area contributed by atoms with E-state index in [4.69, 9.17) is 13.9 Å². The zero-order valence-electron chi connectivity index (χ0n) is 13.7. The zero-order chi connectivity index (χ0) is 16.4. The molecule has 1 aliphatic heterocycles.